The van der Waals surface area contributed by atoms with Crippen LogP contribution in [0.5, 0.6) is 5.75 Å². The molecule has 0 spiro atoms. The van der Waals surface area contributed by atoms with E-state index in [9.17, 15) is 4.79 Å². The summed E-state index contributed by atoms with van der Waals surface area (Å²) in [5, 5.41) is 5.68. The van der Waals surface area contributed by atoms with E-state index in [0.717, 1.165) is 46.2 Å². The van der Waals surface area contributed by atoms with Gasteiger partial charge in [-0.15, -0.1) is 0 Å². The Kier molecular flexibility index (Phi) is 6.42. The van der Waals surface area contributed by atoms with Gasteiger partial charge in [0.15, 0.2) is 5.17 Å². The molecule has 0 bridgehead atoms. The maximum Gasteiger partial charge on any atom is 0.264 e. The summed E-state index contributed by atoms with van der Waals surface area (Å²) < 4.78 is 6.06. The van der Waals surface area contributed by atoms with Crippen LogP contribution >= 0.6 is 11.8 Å². The lowest BCUT2D eigenvalue weighted by Gasteiger charge is -2.12. The number of amides is 1. The standard InChI is InChI=1S/C26H26N2O2S/c1-4-5-14-30-23-13-11-19-8-6-7-9-20(19)21(23)16-24-25(29)28-26(31-24)27-22-12-10-17(2)15-18(22)3/h6-13,15-16H,4-5,14H2,1-3H3,(H,27,28,29)/b24-16+. The van der Waals surface area contributed by atoms with Crippen molar-refractivity contribution in [2.75, 3.05) is 6.61 Å². The van der Waals surface area contributed by atoms with Crippen molar-refractivity contribution in [3.63, 3.8) is 0 Å². The molecule has 1 aliphatic heterocycles. The minimum Gasteiger partial charge on any atom is -0.493 e. The predicted octanol–water partition coefficient (Wildman–Crippen LogP) is 6.53. The number of amidine groups is 1. The molecule has 3 aromatic carbocycles. The number of benzene rings is 3. The lowest BCUT2D eigenvalue weighted by molar-refractivity contribution is -0.115. The van der Waals surface area contributed by atoms with E-state index in [1.807, 2.05) is 43.3 Å². The van der Waals surface area contributed by atoms with Crippen molar-refractivity contribution in [1.29, 1.82) is 0 Å². The van der Waals surface area contributed by atoms with E-state index in [0.29, 0.717) is 16.7 Å². The summed E-state index contributed by atoms with van der Waals surface area (Å²) in [6.07, 6.45) is 3.99. The molecular weight excluding hydrogens is 404 g/mol. The fourth-order valence-electron chi connectivity index (χ4n) is 3.53. The van der Waals surface area contributed by atoms with Crippen LogP contribution < -0.4 is 10.1 Å². The number of carbonyl (C=O) groups is 1. The first-order valence-electron chi connectivity index (χ1n) is 10.6. The molecule has 0 saturated carbocycles. The number of fused-ring (bicyclic) bond motifs is 1. The highest BCUT2D eigenvalue weighted by Crippen LogP contribution is 2.35. The van der Waals surface area contributed by atoms with Crippen molar-refractivity contribution in [2.45, 2.75) is 33.6 Å². The third-order valence-electron chi connectivity index (χ3n) is 5.19. The van der Waals surface area contributed by atoms with E-state index >= 15 is 0 Å². The van der Waals surface area contributed by atoms with Crippen LogP contribution in [0.1, 0.15) is 36.5 Å². The molecule has 0 aromatic heterocycles. The maximum absolute atomic E-state index is 12.7. The van der Waals surface area contributed by atoms with E-state index in [2.05, 4.69) is 48.4 Å². The zero-order valence-electron chi connectivity index (χ0n) is 18.1. The molecule has 1 N–H and O–H groups in total. The summed E-state index contributed by atoms with van der Waals surface area (Å²) in [5.74, 6) is 0.661. The number of rotatable bonds is 6. The van der Waals surface area contributed by atoms with Gasteiger partial charge in [-0.2, -0.15) is 0 Å². The van der Waals surface area contributed by atoms with Gasteiger partial charge in [0.05, 0.1) is 17.2 Å². The van der Waals surface area contributed by atoms with Gasteiger partial charge < -0.3 is 10.1 Å². The molecule has 1 aliphatic rings. The second kappa shape index (κ2) is 9.40. The Morgan fingerprint density at radius 2 is 1.94 bits per heavy atom. The van der Waals surface area contributed by atoms with Crippen LogP contribution in [0.3, 0.4) is 0 Å². The van der Waals surface area contributed by atoms with E-state index < -0.39 is 0 Å². The van der Waals surface area contributed by atoms with Gasteiger partial charge in [0.25, 0.3) is 5.91 Å². The van der Waals surface area contributed by atoms with E-state index in [4.69, 9.17) is 4.74 Å². The number of hydrogen-bond acceptors (Lipinski definition) is 4. The van der Waals surface area contributed by atoms with Gasteiger partial charge in [-0.25, -0.2) is 4.99 Å². The molecule has 0 radical (unpaired) electrons. The number of nitrogens with zero attached hydrogens (tertiary/aromatic N) is 1. The van der Waals surface area contributed by atoms with Gasteiger partial charge in [0.2, 0.25) is 0 Å². The highest BCUT2D eigenvalue weighted by atomic mass is 32.2. The molecule has 0 aliphatic carbocycles. The largest absolute Gasteiger partial charge is 0.493 e. The van der Waals surface area contributed by atoms with Gasteiger partial charge in [-0.3, -0.25) is 4.79 Å². The van der Waals surface area contributed by atoms with Crippen molar-refractivity contribution < 1.29 is 9.53 Å². The van der Waals surface area contributed by atoms with E-state index in [-0.39, 0.29) is 5.91 Å². The van der Waals surface area contributed by atoms with Crippen molar-refractivity contribution >= 4 is 45.4 Å². The quantitative estimate of drug-likeness (QED) is 0.357. The number of ether oxygens (including phenoxy) is 1. The number of carbonyl (C=O) groups excluding carboxylic acids is 1. The fraction of sp³-hybridized carbons (Fsp3) is 0.231. The van der Waals surface area contributed by atoms with Gasteiger partial charge in [0, 0.05) is 5.56 Å². The SMILES string of the molecule is CCCCOc1ccc2ccccc2c1/C=C1/SC(=Nc2ccc(C)cc2C)NC1=O. The lowest BCUT2D eigenvalue weighted by Crippen LogP contribution is -2.19. The average Bonchev–Trinajstić information content (AvgIpc) is 3.10. The smallest absolute Gasteiger partial charge is 0.264 e. The second-order valence-corrected chi connectivity index (χ2v) is 8.70. The molecule has 1 amide bonds. The van der Waals surface area contributed by atoms with Gasteiger partial charge in [-0.1, -0.05) is 61.4 Å². The third-order valence-corrected chi connectivity index (χ3v) is 6.10. The number of thioether (sulfide) groups is 1. The zero-order chi connectivity index (χ0) is 21.8. The molecule has 4 rings (SSSR count). The first kappa shape index (κ1) is 21.2. The minimum atomic E-state index is -0.138. The normalized spacial score (nSPS) is 16.3. The molecule has 0 atom stereocenters. The molecule has 1 heterocycles. The summed E-state index contributed by atoms with van der Waals surface area (Å²) in [6, 6.07) is 18.3. The highest BCUT2D eigenvalue weighted by molar-refractivity contribution is 8.18. The summed E-state index contributed by atoms with van der Waals surface area (Å²) >= 11 is 1.36. The predicted molar refractivity (Wildman–Crippen MR) is 131 cm³/mol. The molecule has 1 saturated heterocycles. The van der Waals surface area contributed by atoms with Crippen molar-refractivity contribution in [1.82, 2.24) is 5.32 Å². The molecule has 31 heavy (non-hydrogen) atoms. The van der Waals surface area contributed by atoms with Crippen LogP contribution in [0.25, 0.3) is 16.8 Å². The van der Waals surface area contributed by atoms with Gasteiger partial charge in [-0.05, 0) is 66.6 Å². The van der Waals surface area contributed by atoms with Crippen molar-refractivity contribution in [3.8, 4) is 5.75 Å². The topological polar surface area (TPSA) is 50.7 Å². The first-order chi connectivity index (χ1) is 15.0. The first-order valence-corrected chi connectivity index (χ1v) is 11.4. The van der Waals surface area contributed by atoms with Crippen LogP contribution in [0.2, 0.25) is 0 Å². The Hall–Kier alpha value is -3.05. The van der Waals surface area contributed by atoms with Crippen LogP contribution in [-0.2, 0) is 4.79 Å². The Bertz CT molecular complexity index is 1200. The monoisotopic (exact) mass is 430 g/mol. The molecule has 4 nitrogen and oxygen atoms in total. The molecule has 158 valence electrons. The Morgan fingerprint density at radius 1 is 1.10 bits per heavy atom. The summed E-state index contributed by atoms with van der Waals surface area (Å²) in [7, 11) is 0. The average molecular weight is 431 g/mol. The van der Waals surface area contributed by atoms with Crippen LogP contribution in [0, 0.1) is 13.8 Å². The molecular formula is C26H26N2O2S. The highest BCUT2D eigenvalue weighted by Gasteiger charge is 2.25. The Balaban J connectivity index is 1.69. The molecule has 1 fully saturated rings. The maximum atomic E-state index is 12.7. The van der Waals surface area contributed by atoms with Crippen LogP contribution in [-0.4, -0.2) is 17.7 Å². The van der Waals surface area contributed by atoms with Crippen LogP contribution in [0.4, 0.5) is 5.69 Å². The number of nitrogens with one attached hydrogen (secondary N) is 1. The summed E-state index contributed by atoms with van der Waals surface area (Å²) in [6.45, 7) is 6.88. The minimum absolute atomic E-state index is 0.138. The number of hydrogen-bond donors (Lipinski definition) is 1. The Morgan fingerprint density at radius 3 is 2.74 bits per heavy atom. The molecule has 3 aromatic rings. The van der Waals surface area contributed by atoms with Crippen LogP contribution in [0.15, 0.2) is 64.5 Å². The Labute approximate surface area is 187 Å². The fourth-order valence-corrected chi connectivity index (χ4v) is 4.35. The van der Waals surface area contributed by atoms with E-state index in [1.54, 1.807) is 0 Å². The van der Waals surface area contributed by atoms with Crippen molar-refractivity contribution in [3.05, 3.63) is 76.2 Å². The molecule has 5 heteroatoms. The van der Waals surface area contributed by atoms with E-state index in [1.165, 1.54) is 17.3 Å². The number of unbranched alkanes of at least 4 members (excludes halogenated alkanes) is 1. The number of aryl methyl sites for hydroxylation is 2. The third kappa shape index (κ3) is 4.83. The zero-order valence-corrected chi connectivity index (χ0v) is 18.9. The number of aliphatic imine (C=N–C) groups is 1. The van der Waals surface area contributed by atoms with Gasteiger partial charge in [0.1, 0.15) is 5.75 Å². The van der Waals surface area contributed by atoms with Gasteiger partial charge >= 0.3 is 0 Å². The lowest BCUT2D eigenvalue weighted by atomic mass is 10.0. The van der Waals surface area contributed by atoms with Crippen molar-refractivity contribution in [2.24, 2.45) is 4.99 Å². The molecule has 0 unspecified atom stereocenters. The summed E-state index contributed by atoms with van der Waals surface area (Å²) in [5.41, 5.74) is 4.07. The second-order valence-electron chi connectivity index (χ2n) is 7.67. The summed E-state index contributed by atoms with van der Waals surface area (Å²) in [4.78, 5) is 18.0.